The fourth-order valence-electron chi connectivity index (χ4n) is 3.25. The van der Waals surface area contributed by atoms with Crippen LogP contribution in [0.2, 0.25) is 0 Å². The molecule has 1 aliphatic heterocycles. The van der Waals surface area contributed by atoms with Crippen LogP contribution in [-0.2, 0) is 19.6 Å². The van der Waals surface area contributed by atoms with E-state index >= 15 is 0 Å². The summed E-state index contributed by atoms with van der Waals surface area (Å²) in [4.78, 5) is 27.1. The van der Waals surface area contributed by atoms with Crippen LogP contribution in [0.5, 0.6) is 0 Å². The molecule has 2 amide bonds. The predicted octanol–water partition coefficient (Wildman–Crippen LogP) is 2.13. The Bertz CT molecular complexity index is 1230. The van der Waals surface area contributed by atoms with Crippen molar-refractivity contribution >= 4 is 38.9 Å². The van der Waals surface area contributed by atoms with Crippen LogP contribution >= 0.6 is 11.3 Å². The van der Waals surface area contributed by atoms with Gasteiger partial charge in [-0.3, -0.25) is 9.59 Å². The van der Waals surface area contributed by atoms with E-state index in [2.05, 4.69) is 10.5 Å². The number of nitrogens with zero attached hydrogens (tertiary/aromatic N) is 3. The number of rotatable bonds is 7. The van der Waals surface area contributed by atoms with Gasteiger partial charge in [0.15, 0.2) is 5.76 Å². The van der Waals surface area contributed by atoms with Gasteiger partial charge in [0.2, 0.25) is 5.91 Å². The monoisotopic (exact) mass is 490 g/mol. The predicted molar refractivity (Wildman–Crippen MR) is 121 cm³/mol. The second kappa shape index (κ2) is 9.83. The summed E-state index contributed by atoms with van der Waals surface area (Å²) in [6.45, 7) is 1.47. The van der Waals surface area contributed by atoms with Crippen molar-refractivity contribution in [3.8, 4) is 11.3 Å². The molecule has 1 fully saturated rings. The molecule has 0 atom stereocenters. The first kappa shape index (κ1) is 23.1. The second-order valence-corrected chi connectivity index (χ2v) is 10.6. The molecule has 12 heteroatoms. The highest BCUT2D eigenvalue weighted by Crippen LogP contribution is 2.26. The number of morpholine rings is 1. The van der Waals surface area contributed by atoms with E-state index in [1.54, 1.807) is 35.2 Å². The van der Waals surface area contributed by atoms with Crippen molar-refractivity contribution in [3.63, 3.8) is 0 Å². The molecule has 0 saturated carbocycles. The van der Waals surface area contributed by atoms with E-state index in [0.717, 1.165) is 21.2 Å². The van der Waals surface area contributed by atoms with Crippen molar-refractivity contribution in [2.45, 2.75) is 4.21 Å². The van der Waals surface area contributed by atoms with E-state index in [4.69, 9.17) is 9.26 Å². The largest absolute Gasteiger partial charge is 0.378 e. The lowest BCUT2D eigenvalue weighted by atomic mass is 10.1. The van der Waals surface area contributed by atoms with Crippen molar-refractivity contribution in [1.82, 2.24) is 14.4 Å². The van der Waals surface area contributed by atoms with E-state index in [-0.39, 0.29) is 16.7 Å². The molecule has 1 aliphatic rings. The maximum atomic E-state index is 12.9. The first-order valence-corrected chi connectivity index (χ1v) is 12.3. The molecule has 4 rings (SSSR count). The van der Waals surface area contributed by atoms with Gasteiger partial charge in [-0.1, -0.05) is 17.3 Å². The van der Waals surface area contributed by atoms with Gasteiger partial charge in [-0.25, -0.2) is 8.42 Å². The minimum Gasteiger partial charge on any atom is -0.378 e. The third-order valence-corrected chi connectivity index (χ3v) is 8.33. The van der Waals surface area contributed by atoms with E-state index in [1.165, 1.54) is 25.4 Å². The molecule has 0 spiro atoms. The fraction of sp³-hybridized carbons (Fsp3) is 0.286. The van der Waals surface area contributed by atoms with Crippen molar-refractivity contribution in [2.24, 2.45) is 0 Å². The van der Waals surface area contributed by atoms with Gasteiger partial charge in [-0.2, -0.15) is 4.31 Å². The molecule has 10 nitrogen and oxygen atoms in total. The molecule has 0 radical (unpaired) electrons. The summed E-state index contributed by atoms with van der Waals surface area (Å²) in [5.74, 6) is -0.181. The van der Waals surface area contributed by atoms with Crippen LogP contribution in [0.15, 0.2) is 57.4 Å². The number of hydrogen-bond acceptors (Lipinski definition) is 8. The maximum absolute atomic E-state index is 12.9. The number of thiophene rings is 1. The van der Waals surface area contributed by atoms with Crippen LogP contribution in [0.1, 0.15) is 9.67 Å². The number of carbonyl (C=O) groups is 2. The summed E-state index contributed by atoms with van der Waals surface area (Å²) < 4.78 is 37.2. The third-order valence-electron chi connectivity index (χ3n) is 4.99. The van der Waals surface area contributed by atoms with Gasteiger partial charge in [0, 0.05) is 37.5 Å². The van der Waals surface area contributed by atoms with Gasteiger partial charge in [-0.15, -0.1) is 11.3 Å². The van der Waals surface area contributed by atoms with Crippen LogP contribution in [-0.4, -0.2) is 74.5 Å². The summed E-state index contributed by atoms with van der Waals surface area (Å²) in [6, 6.07) is 11.5. The molecule has 2 aromatic heterocycles. The topological polar surface area (TPSA) is 122 Å². The van der Waals surface area contributed by atoms with Gasteiger partial charge in [-0.05, 0) is 24.3 Å². The number of carbonyl (C=O) groups excluding carboxylic acids is 2. The Morgan fingerprint density at radius 2 is 1.97 bits per heavy atom. The number of ether oxygens (including phenoxy) is 1. The minimum absolute atomic E-state index is 0.00160. The van der Waals surface area contributed by atoms with Crippen LogP contribution < -0.4 is 5.32 Å². The third kappa shape index (κ3) is 5.30. The van der Waals surface area contributed by atoms with Crippen molar-refractivity contribution in [2.75, 3.05) is 45.2 Å². The zero-order valence-corrected chi connectivity index (χ0v) is 19.4. The van der Waals surface area contributed by atoms with Gasteiger partial charge in [0.1, 0.15) is 4.21 Å². The molecule has 174 valence electrons. The molecule has 3 aromatic rings. The number of aromatic nitrogens is 1. The number of amides is 2. The molecule has 1 N–H and O–H groups in total. The van der Waals surface area contributed by atoms with Crippen molar-refractivity contribution in [3.05, 3.63) is 53.5 Å². The number of sulfonamides is 1. The van der Waals surface area contributed by atoms with E-state index in [9.17, 15) is 18.0 Å². The Kier molecular flexibility index (Phi) is 6.88. The average Bonchev–Trinajstić information content (AvgIpc) is 3.52. The highest BCUT2D eigenvalue weighted by Gasteiger charge is 2.27. The lowest BCUT2D eigenvalue weighted by Crippen LogP contribution is -2.40. The molecule has 0 unspecified atom stereocenters. The van der Waals surface area contributed by atoms with E-state index in [0.29, 0.717) is 42.6 Å². The Balaban J connectivity index is 1.40. The van der Waals surface area contributed by atoms with Crippen LogP contribution in [0.4, 0.5) is 5.69 Å². The molecule has 1 saturated heterocycles. The van der Waals surface area contributed by atoms with Crippen molar-refractivity contribution < 1.29 is 27.3 Å². The quantitative estimate of drug-likeness (QED) is 0.538. The van der Waals surface area contributed by atoms with Crippen molar-refractivity contribution in [1.29, 1.82) is 0 Å². The molecular formula is C21H22N4O6S2. The molecule has 0 bridgehead atoms. The molecule has 33 heavy (non-hydrogen) atoms. The maximum Gasteiger partial charge on any atom is 0.264 e. The minimum atomic E-state index is -3.94. The second-order valence-electron chi connectivity index (χ2n) is 7.29. The molecule has 3 heterocycles. The Morgan fingerprint density at radius 1 is 1.18 bits per heavy atom. The average molecular weight is 491 g/mol. The SMILES string of the molecule is CN(CC(=O)Nc1cccc(-c2ccno2)c1)S(=O)(=O)c1ccc(C(=O)N2CCOCC2)s1. The Hall–Kier alpha value is -3.06. The number of anilines is 1. The molecule has 1 aromatic carbocycles. The van der Waals surface area contributed by atoms with E-state index in [1.807, 2.05) is 0 Å². The number of nitrogens with one attached hydrogen (secondary N) is 1. The fourth-order valence-corrected chi connectivity index (χ4v) is 5.86. The van der Waals surface area contributed by atoms with Gasteiger partial charge >= 0.3 is 0 Å². The molecule has 0 aliphatic carbocycles. The standard InChI is InChI=1S/C21H22N4O6S2/c1-24(14-19(26)23-16-4-2-3-15(13-16)17-7-8-22-31-17)33(28,29)20-6-5-18(32-20)21(27)25-9-11-30-12-10-25/h2-8,13H,9-12,14H2,1H3,(H,23,26). The number of hydrogen-bond donors (Lipinski definition) is 1. The highest BCUT2D eigenvalue weighted by molar-refractivity contribution is 7.91. The summed E-state index contributed by atoms with van der Waals surface area (Å²) >= 11 is 0.892. The molecular weight excluding hydrogens is 468 g/mol. The zero-order valence-electron chi connectivity index (χ0n) is 17.8. The first-order valence-electron chi connectivity index (χ1n) is 10.1. The van der Waals surface area contributed by atoms with Gasteiger partial charge in [0.05, 0.1) is 30.8 Å². The number of likely N-dealkylation sites (N-methyl/N-ethyl adjacent to an activating group) is 1. The lowest BCUT2D eigenvalue weighted by molar-refractivity contribution is -0.116. The summed E-state index contributed by atoms with van der Waals surface area (Å²) in [5, 5.41) is 6.35. The Morgan fingerprint density at radius 3 is 2.70 bits per heavy atom. The van der Waals surface area contributed by atoms with Crippen LogP contribution in [0.25, 0.3) is 11.3 Å². The zero-order chi connectivity index (χ0) is 23.4. The normalized spacial score (nSPS) is 14.4. The van der Waals surface area contributed by atoms with Crippen LogP contribution in [0.3, 0.4) is 0 Å². The summed E-state index contributed by atoms with van der Waals surface area (Å²) in [7, 11) is -2.62. The van der Waals surface area contributed by atoms with Crippen LogP contribution in [0, 0.1) is 0 Å². The summed E-state index contributed by atoms with van der Waals surface area (Å²) in [6.07, 6.45) is 1.52. The lowest BCUT2D eigenvalue weighted by Gasteiger charge is -2.26. The van der Waals surface area contributed by atoms with Gasteiger partial charge in [0.25, 0.3) is 15.9 Å². The van der Waals surface area contributed by atoms with Gasteiger partial charge < -0.3 is 19.5 Å². The smallest absolute Gasteiger partial charge is 0.264 e. The summed E-state index contributed by atoms with van der Waals surface area (Å²) in [5.41, 5.74) is 1.22. The number of benzene rings is 1. The highest BCUT2D eigenvalue weighted by atomic mass is 32.2. The van der Waals surface area contributed by atoms with E-state index < -0.39 is 15.9 Å². The first-order chi connectivity index (χ1) is 15.8. The Labute approximate surface area is 194 Å².